The first-order valence-corrected chi connectivity index (χ1v) is 11.9. The van der Waals surface area contributed by atoms with Crippen molar-refractivity contribution in [1.29, 1.82) is 0 Å². The van der Waals surface area contributed by atoms with Gasteiger partial charge >= 0.3 is 6.03 Å². The molecule has 0 unspecified atom stereocenters. The van der Waals surface area contributed by atoms with E-state index in [2.05, 4.69) is 36.9 Å². The highest BCUT2D eigenvalue weighted by atomic mass is 16.2. The zero-order valence-corrected chi connectivity index (χ0v) is 19.5. The van der Waals surface area contributed by atoms with Gasteiger partial charge in [-0.05, 0) is 53.8 Å². The summed E-state index contributed by atoms with van der Waals surface area (Å²) in [6, 6.07) is 14.9. The van der Waals surface area contributed by atoms with Gasteiger partial charge in [0.2, 0.25) is 0 Å². The van der Waals surface area contributed by atoms with Gasteiger partial charge in [0, 0.05) is 59.6 Å². The zero-order valence-electron chi connectivity index (χ0n) is 19.5. The Morgan fingerprint density at radius 3 is 2.92 bits per heavy atom. The lowest BCUT2D eigenvalue weighted by atomic mass is 9.99. The molecule has 2 aromatic carbocycles. The molecule has 9 heteroatoms. The van der Waals surface area contributed by atoms with Crippen LogP contribution in [-0.2, 0) is 19.4 Å². The second-order valence-corrected chi connectivity index (χ2v) is 8.94. The Kier molecular flexibility index (Phi) is 5.57. The highest BCUT2D eigenvalue weighted by Crippen LogP contribution is 2.25. The summed E-state index contributed by atoms with van der Waals surface area (Å²) < 4.78 is 0. The molecule has 0 saturated carbocycles. The number of carbonyl (C=O) groups excluding carboxylic acids is 2. The summed E-state index contributed by atoms with van der Waals surface area (Å²) in [5.74, 6) is -0.173. The second kappa shape index (κ2) is 9.18. The number of pyridine rings is 1. The van der Waals surface area contributed by atoms with Crippen LogP contribution in [0, 0.1) is 0 Å². The first-order valence-electron chi connectivity index (χ1n) is 11.9. The molecule has 9 nitrogen and oxygen atoms in total. The van der Waals surface area contributed by atoms with Crippen LogP contribution in [0.5, 0.6) is 0 Å². The van der Waals surface area contributed by atoms with E-state index < -0.39 is 0 Å². The maximum absolute atomic E-state index is 13.0. The summed E-state index contributed by atoms with van der Waals surface area (Å²) in [5.41, 5.74) is 6.31. The van der Waals surface area contributed by atoms with Crippen LogP contribution >= 0.6 is 0 Å². The van der Waals surface area contributed by atoms with Gasteiger partial charge < -0.3 is 20.5 Å². The lowest BCUT2D eigenvalue weighted by Gasteiger charge is -2.29. The fourth-order valence-electron chi connectivity index (χ4n) is 4.82. The van der Waals surface area contributed by atoms with Gasteiger partial charge in [0.15, 0.2) is 5.65 Å². The number of carbonyl (C=O) groups is 2. The van der Waals surface area contributed by atoms with Gasteiger partial charge in [-0.25, -0.2) is 9.78 Å². The van der Waals surface area contributed by atoms with Crippen LogP contribution in [-0.4, -0.2) is 50.1 Å². The smallest absolute Gasteiger partial charge is 0.322 e. The molecule has 5 aromatic rings. The lowest BCUT2D eigenvalue weighted by Crippen LogP contribution is -2.39. The van der Waals surface area contributed by atoms with Crippen molar-refractivity contribution in [2.24, 2.45) is 0 Å². The molecule has 0 aliphatic carbocycles. The first kappa shape index (κ1) is 21.8. The van der Waals surface area contributed by atoms with Crippen molar-refractivity contribution in [2.75, 3.05) is 18.4 Å². The number of amides is 3. The van der Waals surface area contributed by atoms with Crippen LogP contribution in [0.4, 0.5) is 10.5 Å². The quantitative estimate of drug-likeness (QED) is 0.305. The highest BCUT2D eigenvalue weighted by Gasteiger charge is 2.23. The van der Waals surface area contributed by atoms with E-state index in [0.717, 1.165) is 35.0 Å². The summed E-state index contributed by atoms with van der Waals surface area (Å²) in [4.78, 5) is 35.1. The molecule has 6 rings (SSSR count). The van der Waals surface area contributed by atoms with Crippen LogP contribution in [0.3, 0.4) is 0 Å². The van der Waals surface area contributed by atoms with Crippen molar-refractivity contribution in [2.45, 2.75) is 19.4 Å². The maximum Gasteiger partial charge on any atom is 0.322 e. The number of aromatic amines is 2. The number of benzene rings is 2. The summed E-state index contributed by atoms with van der Waals surface area (Å²) in [6.07, 6.45) is 7.03. The maximum atomic E-state index is 13.0. The lowest BCUT2D eigenvalue weighted by molar-refractivity contribution is 0.0954. The molecule has 0 radical (unpaired) electrons. The van der Waals surface area contributed by atoms with Gasteiger partial charge in [-0.2, -0.15) is 5.10 Å². The summed E-state index contributed by atoms with van der Waals surface area (Å²) in [7, 11) is 0. The fraction of sp³-hybridized carbons (Fsp3) is 0.185. The molecule has 3 aromatic heterocycles. The molecule has 0 spiro atoms. The van der Waals surface area contributed by atoms with E-state index in [1.165, 1.54) is 16.5 Å². The summed E-state index contributed by atoms with van der Waals surface area (Å²) in [5, 5.41) is 15.0. The van der Waals surface area contributed by atoms with E-state index in [0.29, 0.717) is 30.9 Å². The minimum atomic E-state index is -0.204. The number of hydrogen-bond donors (Lipinski definition) is 4. The van der Waals surface area contributed by atoms with Gasteiger partial charge in [0.05, 0.1) is 6.20 Å². The number of aromatic nitrogens is 4. The number of urea groups is 1. The van der Waals surface area contributed by atoms with Crippen LogP contribution in [0.15, 0.2) is 67.1 Å². The fourth-order valence-corrected chi connectivity index (χ4v) is 4.82. The van der Waals surface area contributed by atoms with Crippen molar-refractivity contribution in [3.05, 3.63) is 89.4 Å². The number of para-hydroxylation sites is 1. The predicted molar refractivity (Wildman–Crippen MR) is 138 cm³/mol. The minimum Gasteiger partial charge on any atom is -0.361 e. The van der Waals surface area contributed by atoms with E-state index >= 15 is 0 Å². The molecular weight excluding hydrogens is 454 g/mol. The van der Waals surface area contributed by atoms with Gasteiger partial charge in [-0.3, -0.25) is 9.89 Å². The number of anilines is 1. The normalized spacial score (nSPS) is 13.1. The third-order valence-electron chi connectivity index (χ3n) is 6.69. The van der Waals surface area contributed by atoms with Gasteiger partial charge in [-0.1, -0.05) is 24.3 Å². The zero-order chi connectivity index (χ0) is 24.5. The third kappa shape index (κ3) is 4.15. The topological polar surface area (TPSA) is 119 Å². The molecule has 1 aliphatic heterocycles. The SMILES string of the molecule is O=C(NCCc1c[nH]c2ccccc12)c1cccc(NC(=O)N2CCc3c(cnc4[nH]ncc34)C2)c1. The molecule has 0 fully saturated rings. The van der Waals surface area contributed by atoms with Crippen molar-refractivity contribution < 1.29 is 9.59 Å². The average Bonchev–Trinajstić information content (AvgIpc) is 3.56. The van der Waals surface area contributed by atoms with Crippen molar-refractivity contribution >= 4 is 39.6 Å². The summed E-state index contributed by atoms with van der Waals surface area (Å²) >= 11 is 0. The number of H-pyrrole nitrogens is 2. The van der Waals surface area contributed by atoms with E-state index in [4.69, 9.17) is 0 Å². The van der Waals surface area contributed by atoms with Crippen molar-refractivity contribution in [3.63, 3.8) is 0 Å². The Labute approximate surface area is 206 Å². The Morgan fingerprint density at radius 2 is 1.97 bits per heavy atom. The predicted octanol–water partition coefficient (Wildman–Crippen LogP) is 4.00. The molecule has 4 heterocycles. The van der Waals surface area contributed by atoms with E-state index in [-0.39, 0.29) is 11.9 Å². The Balaban J connectivity index is 1.07. The molecule has 3 amide bonds. The minimum absolute atomic E-state index is 0.173. The molecule has 4 N–H and O–H groups in total. The number of nitrogens with zero attached hydrogens (tertiary/aromatic N) is 3. The highest BCUT2D eigenvalue weighted by molar-refractivity contribution is 5.97. The first-order chi connectivity index (χ1) is 17.7. The molecule has 36 heavy (non-hydrogen) atoms. The summed E-state index contributed by atoms with van der Waals surface area (Å²) in [6.45, 7) is 1.59. The van der Waals surface area contributed by atoms with E-state index in [1.807, 2.05) is 24.4 Å². The van der Waals surface area contributed by atoms with Crippen LogP contribution < -0.4 is 10.6 Å². The van der Waals surface area contributed by atoms with Crippen molar-refractivity contribution in [1.82, 2.24) is 30.4 Å². The van der Waals surface area contributed by atoms with Gasteiger partial charge in [0.1, 0.15) is 0 Å². The molecule has 0 atom stereocenters. The Bertz CT molecular complexity index is 1590. The van der Waals surface area contributed by atoms with Crippen LogP contribution in [0.2, 0.25) is 0 Å². The number of fused-ring (bicyclic) bond motifs is 4. The van der Waals surface area contributed by atoms with Crippen LogP contribution in [0.1, 0.15) is 27.0 Å². The third-order valence-corrected chi connectivity index (χ3v) is 6.69. The average molecular weight is 480 g/mol. The molecule has 0 bridgehead atoms. The Hall–Kier alpha value is -4.66. The molecule has 180 valence electrons. The van der Waals surface area contributed by atoms with Crippen molar-refractivity contribution in [3.8, 4) is 0 Å². The van der Waals surface area contributed by atoms with Gasteiger partial charge in [0.25, 0.3) is 5.91 Å². The van der Waals surface area contributed by atoms with Crippen LogP contribution in [0.25, 0.3) is 21.9 Å². The Morgan fingerprint density at radius 1 is 1.06 bits per heavy atom. The number of nitrogens with one attached hydrogen (secondary N) is 4. The van der Waals surface area contributed by atoms with E-state index in [1.54, 1.807) is 41.6 Å². The molecule has 1 aliphatic rings. The largest absolute Gasteiger partial charge is 0.361 e. The number of rotatable bonds is 5. The molecular formula is C27H25N7O2. The second-order valence-electron chi connectivity index (χ2n) is 8.94. The standard InChI is InChI=1S/C27H25N7O2/c35-26(28-10-8-18-13-29-24-7-2-1-6-22(18)24)17-4-3-5-20(12-17)32-27(36)34-11-9-21-19(16-34)14-30-25-23(21)15-31-33-25/h1-7,12-15,29H,8-11,16H2,(H,28,35)(H,32,36)(H,30,31,33). The monoisotopic (exact) mass is 479 g/mol. The van der Waals surface area contributed by atoms with Gasteiger partial charge in [-0.15, -0.1) is 0 Å². The number of hydrogen-bond acceptors (Lipinski definition) is 4. The molecule has 0 saturated heterocycles. The van der Waals surface area contributed by atoms with E-state index in [9.17, 15) is 9.59 Å².